The van der Waals surface area contributed by atoms with Gasteiger partial charge in [0.05, 0.1) is 26.5 Å². The van der Waals surface area contributed by atoms with Gasteiger partial charge in [0, 0.05) is 12.5 Å². The molecule has 0 aliphatic carbocycles. The molecule has 2 saturated heterocycles. The number of hydrogen-bond acceptors (Lipinski definition) is 7. The van der Waals surface area contributed by atoms with Gasteiger partial charge in [0.15, 0.2) is 0 Å². The van der Waals surface area contributed by atoms with E-state index in [1.54, 1.807) is 24.3 Å². The van der Waals surface area contributed by atoms with Gasteiger partial charge in [-0.15, -0.1) is 0 Å². The van der Waals surface area contributed by atoms with Crippen LogP contribution in [-0.4, -0.2) is 63.4 Å². The van der Waals surface area contributed by atoms with Crippen LogP contribution in [0.4, 0.5) is 0 Å². The van der Waals surface area contributed by atoms with E-state index >= 15 is 0 Å². The van der Waals surface area contributed by atoms with Crippen LogP contribution in [-0.2, 0) is 33.8 Å². The van der Waals surface area contributed by atoms with E-state index in [4.69, 9.17) is 14.2 Å². The summed E-state index contributed by atoms with van der Waals surface area (Å²) in [5.41, 5.74) is -1.54. The molecule has 1 aromatic carbocycles. The highest BCUT2D eigenvalue weighted by Gasteiger charge is 2.73. The highest BCUT2D eigenvalue weighted by molar-refractivity contribution is 7.88. The monoisotopic (exact) mass is 397 g/mol. The lowest BCUT2D eigenvalue weighted by atomic mass is 9.81. The standard InChI is InChI=1S/C18H23NO7S/c1-24-16(20)18(17(21)25-2)15-13(10-7-11-26-15)14(19(18)27(3,22)23)12-8-5-4-6-9-12/h4-6,8-9,13-15H,7,10-11H2,1-3H3/t13-,14+,15+/m1/s1. The predicted molar refractivity (Wildman–Crippen MR) is 95.1 cm³/mol. The first-order valence-electron chi connectivity index (χ1n) is 8.63. The minimum absolute atomic E-state index is 0.315. The minimum atomic E-state index is -4.02. The molecule has 9 heteroatoms. The second-order valence-electron chi connectivity index (χ2n) is 6.76. The van der Waals surface area contributed by atoms with Crippen molar-refractivity contribution < 1.29 is 32.2 Å². The molecule has 0 saturated carbocycles. The molecule has 2 heterocycles. The average Bonchev–Trinajstić information content (AvgIpc) is 3.00. The highest BCUT2D eigenvalue weighted by Crippen LogP contribution is 2.53. The summed E-state index contributed by atoms with van der Waals surface area (Å²) in [5, 5.41) is 0. The van der Waals surface area contributed by atoms with Crippen molar-refractivity contribution in [3.05, 3.63) is 35.9 Å². The van der Waals surface area contributed by atoms with Crippen LogP contribution in [0, 0.1) is 5.92 Å². The molecule has 0 aromatic heterocycles. The molecule has 27 heavy (non-hydrogen) atoms. The van der Waals surface area contributed by atoms with Crippen molar-refractivity contribution in [2.24, 2.45) is 5.92 Å². The summed E-state index contributed by atoms with van der Waals surface area (Å²) in [6.45, 7) is 0.315. The Morgan fingerprint density at radius 2 is 1.74 bits per heavy atom. The van der Waals surface area contributed by atoms with Crippen molar-refractivity contribution >= 4 is 22.0 Å². The SMILES string of the molecule is COC(=O)C1(C(=O)OC)[C@H]2OCCC[C@@H]2[C@H](c2ccccc2)N1S(C)(=O)=O. The van der Waals surface area contributed by atoms with E-state index in [0.717, 1.165) is 24.8 Å². The van der Waals surface area contributed by atoms with E-state index < -0.39 is 45.6 Å². The van der Waals surface area contributed by atoms with Gasteiger partial charge in [0.1, 0.15) is 6.10 Å². The van der Waals surface area contributed by atoms with Crippen molar-refractivity contribution in [2.75, 3.05) is 27.1 Å². The Morgan fingerprint density at radius 1 is 1.15 bits per heavy atom. The number of sulfonamides is 1. The molecule has 0 N–H and O–H groups in total. The van der Waals surface area contributed by atoms with Crippen LogP contribution in [0.1, 0.15) is 24.4 Å². The third-order valence-corrected chi connectivity index (χ3v) is 6.51. The first-order chi connectivity index (χ1) is 12.8. The molecule has 2 fully saturated rings. The van der Waals surface area contributed by atoms with E-state index in [0.29, 0.717) is 25.0 Å². The summed E-state index contributed by atoms with van der Waals surface area (Å²) in [5.74, 6) is -2.40. The maximum absolute atomic E-state index is 12.9. The molecule has 8 nitrogen and oxygen atoms in total. The van der Waals surface area contributed by atoms with Crippen LogP contribution >= 0.6 is 0 Å². The fourth-order valence-corrected chi connectivity index (χ4v) is 5.85. The molecule has 148 valence electrons. The molecule has 0 radical (unpaired) electrons. The van der Waals surface area contributed by atoms with Gasteiger partial charge in [0.25, 0.3) is 5.54 Å². The number of rotatable bonds is 4. The van der Waals surface area contributed by atoms with E-state index in [1.165, 1.54) is 0 Å². The van der Waals surface area contributed by atoms with E-state index in [1.807, 2.05) is 6.07 Å². The predicted octanol–water partition coefficient (Wildman–Crippen LogP) is 0.883. The minimum Gasteiger partial charge on any atom is -0.467 e. The van der Waals surface area contributed by atoms with E-state index in [-0.39, 0.29) is 0 Å². The summed E-state index contributed by atoms with van der Waals surface area (Å²) in [6, 6.07) is 8.18. The topological polar surface area (TPSA) is 99.2 Å². The smallest absolute Gasteiger partial charge is 0.341 e. The maximum Gasteiger partial charge on any atom is 0.341 e. The summed E-state index contributed by atoms with van der Waals surface area (Å²) < 4.78 is 42.3. The van der Waals surface area contributed by atoms with Gasteiger partial charge in [-0.3, -0.25) is 0 Å². The number of nitrogens with zero attached hydrogens (tertiary/aromatic N) is 1. The normalized spacial score (nSPS) is 27.6. The van der Waals surface area contributed by atoms with Crippen LogP contribution in [0.25, 0.3) is 0 Å². The number of fused-ring (bicyclic) bond motifs is 1. The van der Waals surface area contributed by atoms with Crippen molar-refractivity contribution in [3.8, 4) is 0 Å². The van der Waals surface area contributed by atoms with Gasteiger partial charge in [-0.1, -0.05) is 30.3 Å². The largest absolute Gasteiger partial charge is 0.467 e. The average molecular weight is 397 g/mol. The van der Waals surface area contributed by atoms with Crippen LogP contribution in [0.3, 0.4) is 0 Å². The highest BCUT2D eigenvalue weighted by atomic mass is 32.2. The van der Waals surface area contributed by atoms with Gasteiger partial charge in [-0.05, 0) is 18.4 Å². The third-order valence-electron chi connectivity index (χ3n) is 5.28. The number of methoxy groups -OCH3 is 2. The zero-order valence-electron chi connectivity index (χ0n) is 15.5. The lowest BCUT2D eigenvalue weighted by Crippen LogP contribution is -2.65. The lowest BCUT2D eigenvalue weighted by Gasteiger charge is -2.37. The Bertz CT molecular complexity index is 807. The van der Waals surface area contributed by atoms with Crippen molar-refractivity contribution in [1.29, 1.82) is 0 Å². The van der Waals surface area contributed by atoms with Crippen molar-refractivity contribution in [1.82, 2.24) is 4.31 Å². The number of ether oxygens (including phenoxy) is 3. The molecule has 3 atom stereocenters. The molecule has 2 aliphatic heterocycles. The van der Waals surface area contributed by atoms with Gasteiger partial charge in [0.2, 0.25) is 10.0 Å². The van der Waals surface area contributed by atoms with Crippen LogP contribution in [0.15, 0.2) is 30.3 Å². The second-order valence-corrected chi connectivity index (χ2v) is 8.62. The quantitative estimate of drug-likeness (QED) is 0.549. The number of hydrogen-bond donors (Lipinski definition) is 0. The third kappa shape index (κ3) is 2.94. The van der Waals surface area contributed by atoms with Crippen LogP contribution < -0.4 is 0 Å². The molecular formula is C18H23NO7S. The van der Waals surface area contributed by atoms with Crippen LogP contribution in [0.2, 0.25) is 0 Å². The zero-order chi connectivity index (χ0) is 19.8. The Labute approximate surface area is 158 Å². The Morgan fingerprint density at radius 3 is 2.26 bits per heavy atom. The Balaban J connectivity index is 2.33. The molecule has 1 aromatic rings. The van der Waals surface area contributed by atoms with Crippen molar-refractivity contribution in [2.45, 2.75) is 30.5 Å². The second kappa shape index (κ2) is 7.21. The Kier molecular flexibility index (Phi) is 5.29. The van der Waals surface area contributed by atoms with Gasteiger partial charge in [-0.2, -0.15) is 4.31 Å². The Hall–Kier alpha value is -1.97. The van der Waals surface area contributed by atoms with E-state index in [9.17, 15) is 18.0 Å². The summed E-state index contributed by atoms with van der Waals surface area (Å²) >= 11 is 0. The molecule has 3 rings (SSSR count). The first kappa shape index (κ1) is 19.8. The number of carbonyl (C=O) groups is 2. The van der Waals surface area contributed by atoms with Crippen molar-refractivity contribution in [3.63, 3.8) is 0 Å². The van der Waals surface area contributed by atoms with Gasteiger partial charge in [-0.25, -0.2) is 18.0 Å². The molecule has 2 aliphatic rings. The molecule has 0 amide bonds. The molecule has 0 bridgehead atoms. The van der Waals surface area contributed by atoms with Gasteiger partial charge < -0.3 is 14.2 Å². The maximum atomic E-state index is 12.9. The van der Waals surface area contributed by atoms with E-state index in [2.05, 4.69) is 0 Å². The summed E-state index contributed by atoms with van der Waals surface area (Å²) in [6.07, 6.45) is 1.28. The zero-order valence-corrected chi connectivity index (χ0v) is 16.3. The fraction of sp³-hybridized carbons (Fsp3) is 0.556. The van der Waals surface area contributed by atoms with Crippen LogP contribution in [0.5, 0.6) is 0 Å². The summed E-state index contributed by atoms with van der Waals surface area (Å²) in [4.78, 5) is 25.8. The fourth-order valence-electron chi connectivity index (χ4n) is 4.38. The lowest BCUT2D eigenvalue weighted by molar-refractivity contribution is -0.177. The molecule has 0 unspecified atom stereocenters. The molecular weight excluding hydrogens is 374 g/mol. The molecule has 0 spiro atoms. The summed E-state index contributed by atoms with van der Waals surface area (Å²) in [7, 11) is -1.80. The number of benzene rings is 1. The number of carbonyl (C=O) groups excluding carboxylic acids is 2. The van der Waals surface area contributed by atoms with Gasteiger partial charge >= 0.3 is 11.9 Å². The number of esters is 2. The first-order valence-corrected chi connectivity index (χ1v) is 10.5.